The topological polar surface area (TPSA) is 58.6 Å². The molecule has 2 rings (SSSR count). The van der Waals surface area contributed by atoms with Crippen molar-refractivity contribution in [1.82, 2.24) is 10.2 Å². The summed E-state index contributed by atoms with van der Waals surface area (Å²) in [6, 6.07) is 1.52. The zero-order chi connectivity index (χ0) is 15.6. The summed E-state index contributed by atoms with van der Waals surface area (Å²) in [7, 11) is 0. The van der Waals surface area contributed by atoms with E-state index in [1.165, 1.54) is 12.8 Å². The minimum absolute atomic E-state index is 0.0456. The van der Waals surface area contributed by atoms with Crippen LogP contribution < -0.4 is 5.32 Å². The maximum Gasteiger partial charge on any atom is 0.306 e. The fourth-order valence-corrected chi connectivity index (χ4v) is 2.98. The van der Waals surface area contributed by atoms with Gasteiger partial charge in [-0.15, -0.1) is 0 Å². The summed E-state index contributed by atoms with van der Waals surface area (Å²) < 4.78 is 5.20. The van der Waals surface area contributed by atoms with Gasteiger partial charge in [0.2, 0.25) is 5.91 Å². The second kappa shape index (κ2) is 6.34. The Morgan fingerprint density at radius 3 is 2.48 bits per heavy atom. The van der Waals surface area contributed by atoms with Gasteiger partial charge in [0.15, 0.2) is 0 Å². The van der Waals surface area contributed by atoms with Crippen molar-refractivity contribution < 1.29 is 14.3 Å². The number of ether oxygens (including phenoxy) is 1. The highest BCUT2D eigenvalue weighted by molar-refractivity contribution is 5.81. The lowest BCUT2D eigenvalue weighted by Gasteiger charge is -2.20. The van der Waals surface area contributed by atoms with E-state index in [1.54, 1.807) is 0 Å². The van der Waals surface area contributed by atoms with Crippen LogP contribution in [0.5, 0.6) is 0 Å². The summed E-state index contributed by atoms with van der Waals surface area (Å²) >= 11 is 0. The first-order chi connectivity index (χ1) is 9.74. The summed E-state index contributed by atoms with van der Waals surface area (Å²) in [6.07, 6.45) is 3.96. The second-order valence-corrected chi connectivity index (χ2v) is 7.36. The van der Waals surface area contributed by atoms with Gasteiger partial charge in [0.05, 0.1) is 6.42 Å². The summed E-state index contributed by atoms with van der Waals surface area (Å²) in [5, 5.41) is 3.05. The highest BCUT2D eigenvalue weighted by Crippen LogP contribution is 2.33. The Morgan fingerprint density at radius 1 is 1.24 bits per heavy atom. The molecule has 0 aromatic rings. The molecule has 5 heteroatoms. The van der Waals surface area contributed by atoms with Crippen LogP contribution in [0, 0.1) is 0 Å². The van der Waals surface area contributed by atoms with Gasteiger partial charge in [-0.2, -0.15) is 0 Å². The molecule has 5 nitrogen and oxygen atoms in total. The third-order valence-corrected chi connectivity index (χ3v) is 3.98. The van der Waals surface area contributed by atoms with E-state index in [2.05, 4.69) is 17.1 Å². The van der Waals surface area contributed by atoms with Crippen LogP contribution in [0.15, 0.2) is 0 Å². The second-order valence-electron chi connectivity index (χ2n) is 7.36. The van der Waals surface area contributed by atoms with Crippen LogP contribution in [0.4, 0.5) is 0 Å². The molecular weight excluding hydrogens is 268 g/mol. The van der Waals surface area contributed by atoms with Crippen molar-refractivity contribution in [2.45, 2.75) is 83.5 Å². The molecule has 1 saturated heterocycles. The molecule has 1 amide bonds. The number of amides is 1. The predicted molar refractivity (Wildman–Crippen MR) is 80.8 cm³/mol. The van der Waals surface area contributed by atoms with E-state index in [9.17, 15) is 9.59 Å². The van der Waals surface area contributed by atoms with Gasteiger partial charge in [0.25, 0.3) is 0 Å². The van der Waals surface area contributed by atoms with Crippen LogP contribution in [0.3, 0.4) is 0 Å². The number of nitrogens with one attached hydrogen (secondary N) is 1. The molecule has 0 aromatic carbocycles. The van der Waals surface area contributed by atoms with Gasteiger partial charge in [-0.1, -0.05) is 0 Å². The van der Waals surface area contributed by atoms with Crippen molar-refractivity contribution in [3.8, 4) is 0 Å². The zero-order valence-corrected chi connectivity index (χ0v) is 13.6. The van der Waals surface area contributed by atoms with Crippen LogP contribution in [0.1, 0.15) is 59.8 Å². The van der Waals surface area contributed by atoms with Crippen LogP contribution in [0.25, 0.3) is 0 Å². The number of rotatable bonds is 5. The third-order valence-electron chi connectivity index (χ3n) is 3.98. The Hall–Kier alpha value is -1.10. The van der Waals surface area contributed by atoms with E-state index in [-0.39, 0.29) is 30.8 Å². The van der Waals surface area contributed by atoms with Crippen LogP contribution in [-0.2, 0) is 14.3 Å². The van der Waals surface area contributed by atoms with E-state index in [0.29, 0.717) is 6.04 Å². The zero-order valence-electron chi connectivity index (χ0n) is 13.6. The molecule has 0 aromatic heterocycles. The largest absolute Gasteiger partial charge is 0.460 e. The Labute approximate surface area is 127 Å². The lowest BCUT2D eigenvalue weighted by Crippen LogP contribution is -2.38. The van der Waals surface area contributed by atoms with E-state index < -0.39 is 5.60 Å². The average Bonchev–Trinajstić information content (AvgIpc) is 3.10. The van der Waals surface area contributed by atoms with Gasteiger partial charge < -0.3 is 10.1 Å². The Bertz CT molecular complexity index is 399. The SMILES string of the molecule is C[C@H]1C[C@@H](NC(=O)CCC(=O)OC(C)(C)C)CN1C1CC1. The molecule has 120 valence electrons. The Kier molecular flexibility index (Phi) is 4.91. The Morgan fingerprint density at radius 2 is 1.90 bits per heavy atom. The molecule has 0 unspecified atom stereocenters. The number of hydrogen-bond acceptors (Lipinski definition) is 4. The molecule has 0 bridgehead atoms. The molecular formula is C16H28N2O3. The third kappa shape index (κ3) is 5.30. The standard InChI is InChI=1S/C16H28N2O3/c1-11-9-12(10-18(11)13-5-6-13)17-14(19)7-8-15(20)21-16(2,3)4/h11-13H,5-10H2,1-4H3,(H,17,19)/t11-,12+/m0/s1. The van der Waals surface area contributed by atoms with Gasteiger partial charge in [-0.25, -0.2) is 0 Å². The molecule has 0 spiro atoms. The number of hydrogen-bond donors (Lipinski definition) is 1. The van der Waals surface area contributed by atoms with Crippen LogP contribution in [0.2, 0.25) is 0 Å². The first-order valence-corrected chi connectivity index (χ1v) is 8.01. The molecule has 1 heterocycles. The highest BCUT2D eigenvalue weighted by Gasteiger charge is 2.39. The van der Waals surface area contributed by atoms with Gasteiger partial charge >= 0.3 is 5.97 Å². The molecule has 1 saturated carbocycles. The summed E-state index contributed by atoms with van der Waals surface area (Å²) in [6.45, 7) is 8.67. The molecule has 1 aliphatic heterocycles. The number of esters is 1. The van der Waals surface area contributed by atoms with Crippen LogP contribution >= 0.6 is 0 Å². The molecule has 0 radical (unpaired) electrons. The molecule has 1 aliphatic carbocycles. The average molecular weight is 296 g/mol. The maximum atomic E-state index is 11.9. The Balaban J connectivity index is 1.67. The van der Waals surface area contributed by atoms with Crippen LogP contribution in [-0.4, -0.2) is 47.0 Å². The van der Waals surface area contributed by atoms with Crippen molar-refractivity contribution >= 4 is 11.9 Å². The van der Waals surface area contributed by atoms with Gasteiger partial charge in [0.1, 0.15) is 5.60 Å². The monoisotopic (exact) mass is 296 g/mol. The maximum absolute atomic E-state index is 11.9. The summed E-state index contributed by atoms with van der Waals surface area (Å²) in [4.78, 5) is 26.0. The molecule has 1 N–H and O–H groups in total. The van der Waals surface area contributed by atoms with E-state index >= 15 is 0 Å². The van der Waals surface area contributed by atoms with Crippen molar-refractivity contribution in [3.05, 3.63) is 0 Å². The minimum Gasteiger partial charge on any atom is -0.460 e. The summed E-state index contributed by atoms with van der Waals surface area (Å²) in [5.74, 6) is -0.354. The van der Waals surface area contributed by atoms with E-state index in [0.717, 1.165) is 19.0 Å². The van der Waals surface area contributed by atoms with Crippen molar-refractivity contribution in [3.63, 3.8) is 0 Å². The molecule has 2 aliphatic rings. The van der Waals surface area contributed by atoms with Gasteiger partial charge in [-0.05, 0) is 47.0 Å². The fourth-order valence-electron chi connectivity index (χ4n) is 2.98. The first-order valence-electron chi connectivity index (χ1n) is 8.01. The van der Waals surface area contributed by atoms with E-state index in [4.69, 9.17) is 4.74 Å². The number of nitrogens with zero attached hydrogens (tertiary/aromatic N) is 1. The number of carbonyl (C=O) groups excluding carboxylic acids is 2. The number of likely N-dealkylation sites (tertiary alicyclic amines) is 1. The summed E-state index contributed by atoms with van der Waals surface area (Å²) in [5.41, 5.74) is -0.487. The number of carbonyl (C=O) groups is 2. The van der Waals surface area contributed by atoms with Gasteiger partial charge in [0, 0.05) is 31.1 Å². The van der Waals surface area contributed by atoms with Crippen molar-refractivity contribution in [2.75, 3.05) is 6.54 Å². The lowest BCUT2D eigenvalue weighted by atomic mass is 10.1. The van der Waals surface area contributed by atoms with E-state index in [1.807, 2.05) is 20.8 Å². The molecule has 2 atom stereocenters. The first kappa shape index (κ1) is 16.3. The predicted octanol–water partition coefficient (Wildman–Crippen LogP) is 1.85. The quantitative estimate of drug-likeness (QED) is 0.787. The minimum atomic E-state index is -0.487. The van der Waals surface area contributed by atoms with Crippen molar-refractivity contribution in [2.24, 2.45) is 0 Å². The fraction of sp³-hybridized carbons (Fsp3) is 0.875. The highest BCUT2D eigenvalue weighted by atomic mass is 16.6. The van der Waals surface area contributed by atoms with Crippen molar-refractivity contribution in [1.29, 1.82) is 0 Å². The molecule has 21 heavy (non-hydrogen) atoms. The normalized spacial score (nSPS) is 26.7. The lowest BCUT2D eigenvalue weighted by molar-refractivity contribution is -0.155. The molecule has 2 fully saturated rings. The smallest absolute Gasteiger partial charge is 0.306 e. The van der Waals surface area contributed by atoms with Gasteiger partial charge in [-0.3, -0.25) is 14.5 Å².